The highest BCUT2D eigenvalue weighted by molar-refractivity contribution is 7.90. The van der Waals surface area contributed by atoms with Crippen molar-refractivity contribution in [2.45, 2.75) is 4.90 Å². The lowest BCUT2D eigenvalue weighted by Crippen LogP contribution is -1.96. The number of hydrazone groups is 1. The maximum Gasteiger partial charge on any atom is 0.203 e. The zero-order valence-electron chi connectivity index (χ0n) is 13.2. The first kappa shape index (κ1) is 17.1. The number of phenols is 1. The third-order valence-electron chi connectivity index (χ3n) is 3.33. The highest BCUT2D eigenvalue weighted by Crippen LogP contribution is 2.25. The van der Waals surface area contributed by atoms with E-state index >= 15 is 0 Å². The first-order valence-electron chi connectivity index (χ1n) is 7.26. The second-order valence-corrected chi connectivity index (χ2v) is 8.17. The fraction of sp³-hybridized carbons (Fsp3) is 0.0588. The van der Waals surface area contributed by atoms with Crippen LogP contribution in [0.4, 0.5) is 5.13 Å². The lowest BCUT2D eigenvalue weighted by Gasteiger charge is -2.00. The number of hydrogen-bond donors (Lipinski definition) is 2. The standard InChI is InChI=1S/C17H15N3O3S2/c1-25(22,23)15-7-5-13(6-8-15)16-11-24-17(19-16)20-18-10-12-3-2-4-14(21)9-12/h2-11,21H,1H3,(H,19,20)/b18-10+. The summed E-state index contributed by atoms with van der Waals surface area (Å²) >= 11 is 1.39. The monoisotopic (exact) mass is 373 g/mol. The van der Waals surface area contributed by atoms with Gasteiger partial charge in [0.1, 0.15) is 5.75 Å². The van der Waals surface area contributed by atoms with Gasteiger partial charge in [0.15, 0.2) is 9.84 Å². The van der Waals surface area contributed by atoms with E-state index in [0.29, 0.717) is 5.13 Å². The maximum atomic E-state index is 11.5. The molecule has 8 heteroatoms. The average molecular weight is 373 g/mol. The Bertz CT molecular complexity index is 1010. The number of sulfone groups is 1. The predicted octanol–water partition coefficient (Wildman–Crippen LogP) is 3.37. The summed E-state index contributed by atoms with van der Waals surface area (Å²) in [7, 11) is -3.21. The van der Waals surface area contributed by atoms with Crippen molar-refractivity contribution < 1.29 is 13.5 Å². The highest BCUT2D eigenvalue weighted by atomic mass is 32.2. The van der Waals surface area contributed by atoms with Gasteiger partial charge in [0.25, 0.3) is 0 Å². The number of hydrogen-bond acceptors (Lipinski definition) is 7. The first-order chi connectivity index (χ1) is 11.9. The molecule has 6 nitrogen and oxygen atoms in total. The van der Waals surface area contributed by atoms with Crippen molar-refractivity contribution in [1.82, 2.24) is 4.98 Å². The van der Waals surface area contributed by atoms with Gasteiger partial charge in [-0.25, -0.2) is 13.4 Å². The molecule has 0 aliphatic carbocycles. The third-order valence-corrected chi connectivity index (χ3v) is 5.20. The molecule has 1 heterocycles. The van der Waals surface area contributed by atoms with E-state index in [9.17, 15) is 13.5 Å². The molecule has 0 saturated carbocycles. The molecular weight excluding hydrogens is 358 g/mol. The molecule has 0 aliphatic heterocycles. The number of benzene rings is 2. The van der Waals surface area contributed by atoms with E-state index in [4.69, 9.17) is 0 Å². The molecule has 0 atom stereocenters. The van der Waals surface area contributed by atoms with Crippen LogP contribution in [0.2, 0.25) is 0 Å². The van der Waals surface area contributed by atoms with Crippen LogP contribution in [0.15, 0.2) is 63.9 Å². The summed E-state index contributed by atoms with van der Waals surface area (Å²) in [5, 5.41) is 16.0. The number of thiazole rings is 1. The molecule has 0 amide bonds. The molecule has 0 spiro atoms. The molecule has 3 aromatic rings. The summed E-state index contributed by atoms with van der Waals surface area (Å²) in [5.41, 5.74) is 5.17. The molecule has 0 saturated heterocycles. The first-order valence-corrected chi connectivity index (χ1v) is 10.0. The molecule has 0 fully saturated rings. The van der Waals surface area contributed by atoms with E-state index in [1.165, 1.54) is 17.6 Å². The molecule has 0 aliphatic rings. The fourth-order valence-corrected chi connectivity index (χ4v) is 3.40. The second kappa shape index (κ2) is 7.04. The average Bonchev–Trinajstić information content (AvgIpc) is 3.03. The Kier molecular flexibility index (Phi) is 4.82. The Labute approximate surface area is 149 Å². The van der Waals surface area contributed by atoms with Gasteiger partial charge in [0.2, 0.25) is 5.13 Å². The van der Waals surface area contributed by atoms with Crippen LogP contribution in [0.3, 0.4) is 0 Å². The smallest absolute Gasteiger partial charge is 0.203 e. The molecule has 25 heavy (non-hydrogen) atoms. The van der Waals surface area contributed by atoms with Crippen LogP contribution in [-0.2, 0) is 9.84 Å². The van der Waals surface area contributed by atoms with Gasteiger partial charge in [-0.2, -0.15) is 5.10 Å². The van der Waals surface area contributed by atoms with Crippen molar-refractivity contribution in [3.05, 3.63) is 59.5 Å². The van der Waals surface area contributed by atoms with Crippen molar-refractivity contribution in [3.8, 4) is 17.0 Å². The van der Waals surface area contributed by atoms with Gasteiger partial charge in [-0.3, -0.25) is 5.43 Å². The van der Waals surface area contributed by atoms with Gasteiger partial charge >= 0.3 is 0 Å². The largest absolute Gasteiger partial charge is 0.508 e. The summed E-state index contributed by atoms with van der Waals surface area (Å²) in [6.07, 6.45) is 2.76. The van der Waals surface area contributed by atoms with Crippen molar-refractivity contribution in [1.29, 1.82) is 0 Å². The predicted molar refractivity (Wildman–Crippen MR) is 100.0 cm³/mol. The van der Waals surface area contributed by atoms with Crippen LogP contribution in [0, 0.1) is 0 Å². The Morgan fingerprint density at radius 1 is 1.20 bits per heavy atom. The summed E-state index contributed by atoms with van der Waals surface area (Å²) in [6.45, 7) is 0. The number of aromatic hydroxyl groups is 1. The van der Waals surface area contributed by atoms with Crippen molar-refractivity contribution in [3.63, 3.8) is 0 Å². The highest BCUT2D eigenvalue weighted by Gasteiger charge is 2.08. The molecule has 3 rings (SSSR count). The number of nitrogens with one attached hydrogen (secondary N) is 1. The van der Waals surface area contributed by atoms with Gasteiger partial charge in [0, 0.05) is 17.2 Å². The van der Waals surface area contributed by atoms with Gasteiger partial charge in [-0.05, 0) is 29.8 Å². The SMILES string of the molecule is CS(=O)(=O)c1ccc(-c2csc(N/N=C/c3cccc(O)c3)n2)cc1. The summed E-state index contributed by atoms with van der Waals surface area (Å²) in [4.78, 5) is 4.69. The molecule has 2 N–H and O–H groups in total. The van der Waals surface area contributed by atoms with E-state index in [1.54, 1.807) is 48.7 Å². The molecule has 128 valence electrons. The van der Waals surface area contributed by atoms with E-state index in [-0.39, 0.29) is 10.6 Å². The normalized spacial score (nSPS) is 11.7. The quantitative estimate of drug-likeness (QED) is 0.528. The van der Waals surface area contributed by atoms with Crippen LogP contribution in [0.1, 0.15) is 5.56 Å². The minimum Gasteiger partial charge on any atom is -0.508 e. The maximum absolute atomic E-state index is 11.5. The zero-order valence-corrected chi connectivity index (χ0v) is 14.9. The minimum atomic E-state index is -3.21. The topological polar surface area (TPSA) is 91.7 Å². The zero-order chi connectivity index (χ0) is 17.9. The van der Waals surface area contributed by atoms with Gasteiger partial charge in [0.05, 0.1) is 16.8 Å². The summed E-state index contributed by atoms with van der Waals surface area (Å²) in [5.74, 6) is 0.179. The minimum absolute atomic E-state index is 0.179. The van der Waals surface area contributed by atoms with Crippen molar-refractivity contribution in [2.75, 3.05) is 11.7 Å². The van der Waals surface area contributed by atoms with Crippen molar-refractivity contribution in [2.24, 2.45) is 5.10 Å². The summed E-state index contributed by atoms with van der Waals surface area (Å²) in [6, 6.07) is 13.3. The van der Waals surface area contributed by atoms with Gasteiger partial charge in [-0.15, -0.1) is 11.3 Å². The van der Waals surface area contributed by atoms with Crippen LogP contribution in [0.5, 0.6) is 5.75 Å². The molecule has 0 unspecified atom stereocenters. The Balaban J connectivity index is 1.70. The number of nitrogens with zero attached hydrogens (tertiary/aromatic N) is 2. The summed E-state index contributed by atoms with van der Waals surface area (Å²) < 4.78 is 23.0. The van der Waals surface area contributed by atoms with Crippen LogP contribution >= 0.6 is 11.3 Å². The van der Waals surface area contributed by atoms with E-state index in [0.717, 1.165) is 16.8 Å². The van der Waals surface area contributed by atoms with Crippen LogP contribution < -0.4 is 5.43 Å². The molecule has 1 aromatic heterocycles. The molecular formula is C17H15N3O3S2. The molecule has 0 radical (unpaired) electrons. The Morgan fingerprint density at radius 3 is 2.64 bits per heavy atom. The number of aromatic nitrogens is 1. The lowest BCUT2D eigenvalue weighted by atomic mass is 10.2. The third kappa shape index (κ3) is 4.43. The number of rotatable bonds is 5. The Morgan fingerprint density at radius 2 is 1.96 bits per heavy atom. The fourth-order valence-electron chi connectivity index (χ4n) is 2.10. The van der Waals surface area contributed by atoms with E-state index in [1.807, 2.05) is 11.4 Å². The van der Waals surface area contributed by atoms with Crippen LogP contribution in [-0.4, -0.2) is 31.0 Å². The van der Waals surface area contributed by atoms with E-state index < -0.39 is 9.84 Å². The lowest BCUT2D eigenvalue weighted by molar-refractivity contribution is 0.475. The van der Waals surface area contributed by atoms with Crippen molar-refractivity contribution >= 4 is 32.5 Å². The Hall–Kier alpha value is -2.71. The van der Waals surface area contributed by atoms with Gasteiger partial charge < -0.3 is 5.11 Å². The van der Waals surface area contributed by atoms with E-state index in [2.05, 4.69) is 15.5 Å². The van der Waals surface area contributed by atoms with Gasteiger partial charge in [-0.1, -0.05) is 24.3 Å². The number of phenolic OH excluding ortho intramolecular Hbond substituents is 1. The molecule has 2 aromatic carbocycles. The van der Waals surface area contributed by atoms with Crippen LogP contribution in [0.25, 0.3) is 11.3 Å². The second-order valence-electron chi connectivity index (χ2n) is 5.30. The molecule has 0 bridgehead atoms. The number of anilines is 1.